The van der Waals surface area contributed by atoms with Crippen LogP contribution in [0, 0.1) is 0 Å². The van der Waals surface area contributed by atoms with Crippen molar-refractivity contribution in [3.8, 4) is 0 Å². The molecule has 2 rings (SSSR count). The Morgan fingerprint density at radius 2 is 1.70 bits per heavy atom. The van der Waals surface area contributed by atoms with Gasteiger partial charge in [0, 0.05) is 28.7 Å². The van der Waals surface area contributed by atoms with Crippen molar-refractivity contribution in [3.05, 3.63) is 71.3 Å². The molecule has 0 aliphatic carbocycles. The summed E-state index contributed by atoms with van der Waals surface area (Å²) in [5.41, 5.74) is 2.96. The lowest BCUT2D eigenvalue weighted by atomic mass is 10.1. The molecule has 2 amide bonds. The van der Waals surface area contributed by atoms with Gasteiger partial charge in [-0.15, -0.1) is 0 Å². The molecule has 2 aromatic rings. The molecule has 2 aromatic carbocycles. The zero-order chi connectivity index (χ0) is 16.8. The Morgan fingerprint density at radius 3 is 2.35 bits per heavy atom. The van der Waals surface area contributed by atoms with Crippen molar-refractivity contribution in [2.45, 2.75) is 5.75 Å². The third-order valence-corrected chi connectivity index (χ3v) is 3.72. The third kappa shape index (κ3) is 4.62. The molecule has 0 spiro atoms. The Bertz CT molecular complexity index is 739. The van der Waals surface area contributed by atoms with E-state index >= 15 is 0 Å². The van der Waals surface area contributed by atoms with Gasteiger partial charge in [-0.1, -0.05) is 47.5 Å². The zero-order valence-electron chi connectivity index (χ0n) is 11.8. The van der Waals surface area contributed by atoms with E-state index < -0.39 is 22.9 Å². The van der Waals surface area contributed by atoms with E-state index in [1.54, 1.807) is 42.5 Å². The van der Waals surface area contributed by atoms with E-state index in [9.17, 15) is 18.4 Å². The number of halogens is 1. The lowest BCUT2D eigenvalue weighted by Crippen LogP contribution is -2.40. The Hall–Kier alpha value is -2.22. The van der Waals surface area contributed by atoms with Gasteiger partial charge in [0.25, 0.3) is 11.8 Å². The highest BCUT2D eigenvalue weighted by molar-refractivity contribution is 7.78. The Balaban J connectivity index is 2.13. The standard InChI is InChI=1S/C15H13ClN2O4S/c16-18(15(20)11-6-2-1-3-7-11)17-14(19)13-9-5-4-8-12(13)10-23(21)22/h1-9H,10H2,(H,17,19)(H,21,22)/p-1. The molecule has 8 heteroatoms. The van der Waals surface area contributed by atoms with Crippen LogP contribution in [0.1, 0.15) is 26.3 Å². The molecule has 1 atom stereocenters. The molecule has 23 heavy (non-hydrogen) atoms. The fourth-order valence-corrected chi connectivity index (χ4v) is 2.57. The highest BCUT2D eigenvalue weighted by Gasteiger charge is 2.18. The van der Waals surface area contributed by atoms with Gasteiger partial charge in [-0.05, 0) is 23.8 Å². The predicted molar refractivity (Wildman–Crippen MR) is 85.0 cm³/mol. The van der Waals surface area contributed by atoms with E-state index in [1.807, 2.05) is 0 Å². The monoisotopic (exact) mass is 351 g/mol. The number of carbonyl (C=O) groups excluding carboxylic acids is 2. The number of carbonyl (C=O) groups is 2. The number of hydrazine groups is 1. The smallest absolute Gasteiger partial charge is 0.287 e. The van der Waals surface area contributed by atoms with Crippen molar-refractivity contribution in [2.75, 3.05) is 0 Å². The Kier molecular flexibility index (Phi) is 5.86. The summed E-state index contributed by atoms with van der Waals surface area (Å²) in [6, 6.07) is 14.4. The molecule has 0 fully saturated rings. The number of nitrogens with one attached hydrogen (secondary N) is 1. The minimum absolute atomic E-state index is 0.128. The molecule has 0 aromatic heterocycles. The van der Waals surface area contributed by atoms with E-state index in [0.717, 1.165) is 0 Å². The first-order valence-electron chi connectivity index (χ1n) is 6.49. The van der Waals surface area contributed by atoms with Crippen LogP contribution in [0.3, 0.4) is 0 Å². The summed E-state index contributed by atoms with van der Waals surface area (Å²) in [5.74, 6) is -1.59. The van der Waals surface area contributed by atoms with E-state index in [1.165, 1.54) is 12.1 Å². The van der Waals surface area contributed by atoms with Crippen molar-refractivity contribution in [1.82, 2.24) is 9.95 Å². The van der Waals surface area contributed by atoms with Gasteiger partial charge in [-0.25, -0.2) is 5.43 Å². The van der Waals surface area contributed by atoms with E-state index in [4.69, 9.17) is 11.8 Å². The van der Waals surface area contributed by atoms with Crippen LogP contribution in [0.4, 0.5) is 0 Å². The minimum Gasteiger partial charge on any atom is -0.772 e. The molecule has 0 aliphatic rings. The van der Waals surface area contributed by atoms with Crippen LogP contribution in [0.5, 0.6) is 0 Å². The molecular formula is C15H12ClN2O4S-. The summed E-state index contributed by atoms with van der Waals surface area (Å²) >= 11 is 3.46. The van der Waals surface area contributed by atoms with Crippen molar-refractivity contribution < 1.29 is 18.4 Å². The van der Waals surface area contributed by atoms with Gasteiger partial charge in [-0.3, -0.25) is 13.8 Å². The first-order chi connectivity index (χ1) is 11.0. The average molecular weight is 352 g/mol. The van der Waals surface area contributed by atoms with Crippen molar-refractivity contribution >= 4 is 34.7 Å². The maximum absolute atomic E-state index is 12.2. The Morgan fingerprint density at radius 1 is 1.09 bits per heavy atom. The summed E-state index contributed by atoms with van der Waals surface area (Å²) in [6.07, 6.45) is 0. The number of rotatable bonds is 4. The SMILES string of the molecule is O=C(NN(Cl)C(=O)c1ccccc1)c1ccccc1CS(=O)[O-]. The fourth-order valence-electron chi connectivity index (χ4n) is 1.89. The van der Waals surface area contributed by atoms with Crippen LogP contribution in [0.15, 0.2) is 54.6 Å². The number of amides is 2. The predicted octanol–water partition coefficient (Wildman–Crippen LogP) is 2.01. The molecule has 0 aliphatic heterocycles. The summed E-state index contributed by atoms with van der Waals surface area (Å²) in [5, 5.41) is 0. The summed E-state index contributed by atoms with van der Waals surface area (Å²) in [7, 11) is 0. The topological polar surface area (TPSA) is 89.5 Å². The molecular weight excluding hydrogens is 340 g/mol. The van der Waals surface area contributed by atoms with Crippen LogP contribution >= 0.6 is 11.8 Å². The molecule has 1 unspecified atom stereocenters. The normalized spacial score (nSPS) is 11.6. The molecule has 0 saturated heterocycles. The number of benzene rings is 2. The van der Waals surface area contributed by atoms with Gasteiger partial charge in [0.05, 0.1) is 0 Å². The van der Waals surface area contributed by atoms with Gasteiger partial charge in [0.15, 0.2) is 0 Å². The minimum atomic E-state index is -2.34. The van der Waals surface area contributed by atoms with E-state index in [0.29, 0.717) is 15.7 Å². The van der Waals surface area contributed by atoms with Gasteiger partial charge < -0.3 is 4.55 Å². The van der Waals surface area contributed by atoms with Gasteiger partial charge in [0.2, 0.25) is 0 Å². The van der Waals surface area contributed by atoms with Crippen LogP contribution in [-0.2, 0) is 16.8 Å². The second kappa shape index (κ2) is 7.87. The summed E-state index contributed by atoms with van der Waals surface area (Å²) < 4.78 is 22.2. The molecule has 0 radical (unpaired) electrons. The maximum atomic E-state index is 12.2. The van der Waals surface area contributed by atoms with Crippen molar-refractivity contribution in [2.24, 2.45) is 0 Å². The van der Waals surface area contributed by atoms with E-state index in [2.05, 4.69) is 5.43 Å². The van der Waals surface area contributed by atoms with E-state index in [-0.39, 0.29) is 11.3 Å². The van der Waals surface area contributed by atoms with Gasteiger partial charge >= 0.3 is 0 Å². The first kappa shape index (κ1) is 17.1. The first-order valence-corrected chi connectivity index (χ1v) is 8.07. The molecule has 0 heterocycles. The second-order valence-corrected chi connectivity index (χ2v) is 5.73. The molecule has 6 nitrogen and oxygen atoms in total. The average Bonchev–Trinajstić information content (AvgIpc) is 2.54. The summed E-state index contributed by atoms with van der Waals surface area (Å²) in [6.45, 7) is 0. The number of hydrogen-bond acceptors (Lipinski definition) is 4. The Labute approximate surface area is 140 Å². The highest BCUT2D eigenvalue weighted by atomic mass is 35.5. The van der Waals surface area contributed by atoms with Crippen LogP contribution < -0.4 is 5.43 Å². The molecule has 0 bridgehead atoms. The van der Waals surface area contributed by atoms with Crippen LogP contribution in [-0.4, -0.2) is 25.1 Å². The molecule has 120 valence electrons. The lowest BCUT2D eigenvalue weighted by Gasteiger charge is -2.16. The van der Waals surface area contributed by atoms with Gasteiger partial charge in [-0.2, -0.15) is 4.53 Å². The number of nitrogens with zero attached hydrogens (tertiary/aromatic N) is 1. The van der Waals surface area contributed by atoms with Crippen LogP contribution in [0.2, 0.25) is 0 Å². The lowest BCUT2D eigenvalue weighted by molar-refractivity contribution is 0.0728. The quantitative estimate of drug-likeness (QED) is 0.518. The second-order valence-electron chi connectivity index (χ2n) is 4.50. The number of hydrogen-bond donors (Lipinski definition) is 1. The molecule has 0 saturated carbocycles. The van der Waals surface area contributed by atoms with Crippen molar-refractivity contribution in [3.63, 3.8) is 0 Å². The third-order valence-electron chi connectivity index (χ3n) is 2.93. The summed E-state index contributed by atoms with van der Waals surface area (Å²) in [4.78, 5) is 24.3. The van der Waals surface area contributed by atoms with Crippen LogP contribution in [0.25, 0.3) is 0 Å². The highest BCUT2D eigenvalue weighted by Crippen LogP contribution is 2.12. The molecule has 1 N–H and O–H groups in total. The zero-order valence-corrected chi connectivity index (χ0v) is 13.3. The van der Waals surface area contributed by atoms with Crippen molar-refractivity contribution in [1.29, 1.82) is 0 Å². The maximum Gasteiger partial charge on any atom is 0.287 e. The van der Waals surface area contributed by atoms with Gasteiger partial charge in [0.1, 0.15) is 0 Å². The fraction of sp³-hybridized carbons (Fsp3) is 0.0667. The largest absolute Gasteiger partial charge is 0.772 e.